The molecular formula is C18H12ClN5OS. The molecule has 0 saturated heterocycles. The zero-order chi connectivity index (χ0) is 17.9. The first kappa shape index (κ1) is 16.4. The Kier molecular flexibility index (Phi) is 4.47. The van der Waals surface area contributed by atoms with Crippen LogP contribution in [-0.4, -0.2) is 25.9 Å². The fraction of sp³-hybridized carbons (Fsp3) is 0. The zero-order valence-electron chi connectivity index (χ0n) is 13.3. The molecule has 2 aromatic carbocycles. The van der Waals surface area contributed by atoms with Crippen LogP contribution in [0.2, 0.25) is 5.02 Å². The van der Waals surface area contributed by atoms with Gasteiger partial charge in [0.1, 0.15) is 0 Å². The largest absolute Gasteiger partial charge is 0.296 e. The van der Waals surface area contributed by atoms with E-state index in [0.717, 1.165) is 11.3 Å². The Morgan fingerprint density at radius 1 is 1.08 bits per heavy atom. The molecule has 0 bridgehead atoms. The maximum atomic E-state index is 12.4. The van der Waals surface area contributed by atoms with Crippen molar-refractivity contribution in [1.82, 2.24) is 20.0 Å². The number of aromatic nitrogens is 4. The van der Waals surface area contributed by atoms with E-state index in [-0.39, 0.29) is 11.6 Å². The van der Waals surface area contributed by atoms with Gasteiger partial charge in [-0.2, -0.15) is 9.90 Å². The van der Waals surface area contributed by atoms with Gasteiger partial charge in [0.05, 0.1) is 17.6 Å². The molecule has 4 aromatic rings. The lowest BCUT2D eigenvalue weighted by atomic mass is 10.2. The van der Waals surface area contributed by atoms with Crippen LogP contribution in [0.4, 0.5) is 5.13 Å². The van der Waals surface area contributed by atoms with Gasteiger partial charge in [-0.1, -0.05) is 48.0 Å². The number of hydrogen-bond donors (Lipinski definition) is 1. The van der Waals surface area contributed by atoms with Gasteiger partial charge in [-0.15, -0.1) is 16.4 Å². The van der Waals surface area contributed by atoms with Gasteiger partial charge in [-0.05, 0) is 18.2 Å². The topological polar surface area (TPSA) is 72.7 Å². The monoisotopic (exact) mass is 381 g/mol. The van der Waals surface area contributed by atoms with E-state index in [2.05, 4.69) is 20.5 Å². The second kappa shape index (κ2) is 7.07. The van der Waals surface area contributed by atoms with Gasteiger partial charge < -0.3 is 0 Å². The van der Waals surface area contributed by atoms with Gasteiger partial charge in [0.15, 0.2) is 10.8 Å². The molecule has 8 heteroatoms. The first-order valence-corrected chi connectivity index (χ1v) is 8.96. The summed E-state index contributed by atoms with van der Waals surface area (Å²) in [5.74, 6) is -0.368. The van der Waals surface area contributed by atoms with Crippen molar-refractivity contribution in [2.45, 2.75) is 0 Å². The molecule has 0 aliphatic rings. The Hall–Kier alpha value is -3.03. The smallest absolute Gasteiger partial charge is 0.279 e. The Balaban J connectivity index is 1.51. The summed E-state index contributed by atoms with van der Waals surface area (Å²) < 4.78 is 0. The maximum absolute atomic E-state index is 12.4. The van der Waals surface area contributed by atoms with Crippen LogP contribution < -0.4 is 5.32 Å². The highest BCUT2D eigenvalue weighted by Crippen LogP contribution is 2.30. The van der Waals surface area contributed by atoms with Crippen LogP contribution in [0.15, 0.2) is 66.2 Å². The van der Waals surface area contributed by atoms with Crippen LogP contribution in [-0.2, 0) is 0 Å². The van der Waals surface area contributed by atoms with Crippen molar-refractivity contribution in [2.75, 3.05) is 5.32 Å². The van der Waals surface area contributed by atoms with Crippen molar-refractivity contribution >= 4 is 34.0 Å². The molecule has 0 saturated carbocycles. The van der Waals surface area contributed by atoms with Gasteiger partial charge in [-0.25, -0.2) is 4.98 Å². The van der Waals surface area contributed by atoms with Gasteiger partial charge in [0, 0.05) is 16.0 Å². The fourth-order valence-electron chi connectivity index (χ4n) is 2.34. The SMILES string of the molecule is O=C(Nc1nc(-c2ccccc2Cl)cs1)c1cnn(-c2ccccc2)n1. The van der Waals surface area contributed by atoms with Gasteiger partial charge in [-0.3, -0.25) is 10.1 Å². The predicted octanol–water partition coefficient (Wildman–Crippen LogP) is 4.30. The van der Waals surface area contributed by atoms with E-state index in [4.69, 9.17) is 11.6 Å². The molecule has 0 aliphatic carbocycles. The number of rotatable bonds is 4. The second-order valence-electron chi connectivity index (χ2n) is 5.33. The molecule has 0 spiro atoms. The van der Waals surface area contributed by atoms with Gasteiger partial charge >= 0.3 is 0 Å². The molecule has 2 heterocycles. The highest BCUT2D eigenvalue weighted by atomic mass is 35.5. The average molecular weight is 382 g/mol. The Labute approximate surface area is 158 Å². The number of anilines is 1. The van der Waals surface area contributed by atoms with Crippen molar-refractivity contribution < 1.29 is 4.79 Å². The number of amides is 1. The van der Waals surface area contributed by atoms with Crippen LogP contribution in [0.3, 0.4) is 0 Å². The van der Waals surface area contributed by atoms with Crippen molar-refractivity contribution in [3.05, 3.63) is 76.9 Å². The number of thiazole rings is 1. The summed E-state index contributed by atoms with van der Waals surface area (Å²) in [6, 6.07) is 16.8. The minimum absolute atomic E-state index is 0.211. The number of carbonyl (C=O) groups excluding carboxylic acids is 1. The van der Waals surface area contributed by atoms with E-state index in [9.17, 15) is 4.79 Å². The molecule has 0 aliphatic heterocycles. The fourth-order valence-corrected chi connectivity index (χ4v) is 3.28. The van der Waals surface area contributed by atoms with E-state index >= 15 is 0 Å². The van der Waals surface area contributed by atoms with Crippen molar-refractivity contribution in [3.63, 3.8) is 0 Å². The molecule has 0 atom stereocenters. The molecule has 0 fully saturated rings. The summed E-state index contributed by atoms with van der Waals surface area (Å²) in [4.78, 5) is 18.2. The first-order valence-electron chi connectivity index (χ1n) is 7.70. The van der Waals surface area contributed by atoms with Gasteiger partial charge in [0.25, 0.3) is 5.91 Å². The number of nitrogens with zero attached hydrogens (tertiary/aromatic N) is 4. The minimum atomic E-state index is -0.368. The number of para-hydroxylation sites is 1. The molecule has 26 heavy (non-hydrogen) atoms. The summed E-state index contributed by atoms with van der Waals surface area (Å²) in [6.45, 7) is 0. The van der Waals surface area contributed by atoms with E-state index in [0.29, 0.717) is 15.8 Å². The third-order valence-corrected chi connectivity index (χ3v) is 4.67. The van der Waals surface area contributed by atoms with E-state index < -0.39 is 0 Å². The molecule has 4 rings (SSSR count). The van der Waals surface area contributed by atoms with Crippen molar-refractivity contribution in [2.24, 2.45) is 0 Å². The number of hydrogen-bond acceptors (Lipinski definition) is 5. The van der Waals surface area contributed by atoms with Gasteiger partial charge in [0.2, 0.25) is 0 Å². The summed E-state index contributed by atoms with van der Waals surface area (Å²) in [5, 5.41) is 14.0. The van der Waals surface area contributed by atoms with Crippen LogP contribution in [0.1, 0.15) is 10.5 Å². The zero-order valence-corrected chi connectivity index (χ0v) is 14.9. The van der Waals surface area contributed by atoms with E-state index in [1.807, 2.05) is 53.9 Å². The summed E-state index contributed by atoms with van der Waals surface area (Å²) in [6.07, 6.45) is 1.42. The van der Waals surface area contributed by atoms with E-state index in [1.54, 1.807) is 6.07 Å². The van der Waals surface area contributed by atoms with E-state index in [1.165, 1.54) is 22.3 Å². The predicted molar refractivity (Wildman–Crippen MR) is 102 cm³/mol. The maximum Gasteiger partial charge on any atom is 0.279 e. The summed E-state index contributed by atoms with van der Waals surface area (Å²) in [5.41, 5.74) is 2.52. The number of benzene rings is 2. The summed E-state index contributed by atoms with van der Waals surface area (Å²) in [7, 11) is 0. The molecule has 0 radical (unpaired) electrons. The Morgan fingerprint density at radius 2 is 1.85 bits per heavy atom. The summed E-state index contributed by atoms with van der Waals surface area (Å²) >= 11 is 7.51. The third kappa shape index (κ3) is 3.35. The quantitative estimate of drug-likeness (QED) is 0.572. The van der Waals surface area contributed by atoms with Crippen LogP contribution in [0.5, 0.6) is 0 Å². The lowest BCUT2D eigenvalue weighted by Gasteiger charge is -2.00. The lowest BCUT2D eigenvalue weighted by molar-refractivity contribution is 0.102. The number of nitrogens with one attached hydrogen (secondary N) is 1. The standard InChI is InChI=1S/C18H12ClN5OS/c19-14-9-5-4-8-13(14)16-11-26-18(21-16)22-17(25)15-10-20-24(23-15)12-6-2-1-3-7-12/h1-11H,(H,21,22,25). The second-order valence-corrected chi connectivity index (χ2v) is 6.59. The molecule has 2 aromatic heterocycles. The van der Waals surface area contributed by atoms with Crippen LogP contribution in [0.25, 0.3) is 16.9 Å². The Morgan fingerprint density at radius 3 is 2.65 bits per heavy atom. The molecule has 0 unspecified atom stereocenters. The molecule has 128 valence electrons. The molecule has 1 amide bonds. The molecule has 6 nitrogen and oxygen atoms in total. The normalized spacial score (nSPS) is 10.7. The van der Waals surface area contributed by atoms with Crippen molar-refractivity contribution in [1.29, 1.82) is 0 Å². The number of carbonyl (C=O) groups is 1. The number of halogens is 1. The highest BCUT2D eigenvalue weighted by molar-refractivity contribution is 7.14. The average Bonchev–Trinajstić information content (AvgIpc) is 3.33. The minimum Gasteiger partial charge on any atom is -0.296 e. The van der Waals surface area contributed by atoms with Crippen LogP contribution >= 0.6 is 22.9 Å². The molecular weight excluding hydrogens is 370 g/mol. The molecule has 1 N–H and O–H groups in total. The lowest BCUT2D eigenvalue weighted by Crippen LogP contribution is -2.13. The van der Waals surface area contributed by atoms with Crippen LogP contribution in [0, 0.1) is 0 Å². The Bertz CT molecular complexity index is 1060. The first-order chi connectivity index (χ1) is 12.7. The van der Waals surface area contributed by atoms with Crippen molar-refractivity contribution in [3.8, 4) is 16.9 Å². The highest BCUT2D eigenvalue weighted by Gasteiger charge is 2.14. The third-order valence-electron chi connectivity index (χ3n) is 3.59.